The van der Waals surface area contributed by atoms with Crippen LogP contribution in [-0.4, -0.2) is 6.54 Å². The molecule has 1 aromatic carbocycles. The summed E-state index contributed by atoms with van der Waals surface area (Å²) in [4.78, 5) is 0. The van der Waals surface area contributed by atoms with Crippen molar-refractivity contribution in [3.63, 3.8) is 0 Å². The highest BCUT2D eigenvalue weighted by atomic mass is 35.5. The van der Waals surface area contributed by atoms with Gasteiger partial charge in [-0.25, -0.2) is 0 Å². The summed E-state index contributed by atoms with van der Waals surface area (Å²) in [6.45, 7) is 5.11. The molecular weight excluding hydrogens is 218 g/mol. The highest BCUT2D eigenvalue weighted by molar-refractivity contribution is 6.31. The van der Waals surface area contributed by atoms with Crippen LogP contribution in [0, 0.1) is 18.3 Å². The summed E-state index contributed by atoms with van der Waals surface area (Å²) in [7, 11) is 0. The van der Waals surface area contributed by atoms with Crippen LogP contribution < -0.4 is 5.73 Å². The summed E-state index contributed by atoms with van der Waals surface area (Å²) in [6.07, 6.45) is 3.67. The third kappa shape index (κ3) is 2.41. The molecule has 1 unspecified atom stereocenters. The van der Waals surface area contributed by atoms with Crippen molar-refractivity contribution >= 4 is 11.6 Å². The molecular formula is C14H20ClN. The van der Waals surface area contributed by atoms with Crippen molar-refractivity contribution in [2.24, 2.45) is 17.1 Å². The molecule has 0 heterocycles. The second-order valence-corrected chi connectivity index (χ2v) is 5.81. The molecule has 2 rings (SSSR count). The molecule has 0 amide bonds. The highest BCUT2D eigenvalue weighted by Gasteiger charge is 2.40. The third-order valence-electron chi connectivity index (χ3n) is 3.83. The molecule has 1 atom stereocenters. The SMILES string of the molecule is Cc1ccc(CC(C)(CN)C2CC2)c(Cl)c1. The Morgan fingerprint density at radius 2 is 2.12 bits per heavy atom. The monoisotopic (exact) mass is 237 g/mol. The normalized spacial score (nSPS) is 19.5. The van der Waals surface area contributed by atoms with Crippen molar-refractivity contribution in [1.29, 1.82) is 0 Å². The summed E-state index contributed by atoms with van der Waals surface area (Å²) >= 11 is 6.28. The van der Waals surface area contributed by atoms with E-state index in [9.17, 15) is 0 Å². The van der Waals surface area contributed by atoms with E-state index in [0.717, 1.165) is 23.9 Å². The molecule has 0 saturated heterocycles. The number of nitrogens with two attached hydrogens (primary N) is 1. The number of halogens is 1. The molecule has 0 bridgehead atoms. The van der Waals surface area contributed by atoms with E-state index in [0.29, 0.717) is 0 Å². The molecule has 1 aliphatic carbocycles. The first-order valence-corrected chi connectivity index (χ1v) is 6.38. The van der Waals surface area contributed by atoms with Crippen LogP contribution in [0.1, 0.15) is 30.9 Å². The summed E-state index contributed by atoms with van der Waals surface area (Å²) in [5.41, 5.74) is 8.63. The molecule has 0 radical (unpaired) electrons. The van der Waals surface area contributed by atoms with Gasteiger partial charge in [-0.1, -0.05) is 30.7 Å². The average Bonchev–Trinajstić information content (AvgIpc) is 3.06. The fourth-order valence-corrected chi connectivity index (χ4v) is 2.70. The van der Waals surface area contributed by atoms with E-state index in [1.807, 2.05) is 6.07 Å². The first-order valence-electron chi connectivity index (χ1n) is 6.00. The van der Waals surface area contributed by atoms with Crippen LogP contribution in [0.3, 0.4) is 0 Å². The minimum Gasteiger partial charge on any atom is -0.330 e. The van der Waals surface area contributed by atoms with Crippen molar-refractivity contribution in [3.05, 3.63) is 34.3 Å². The van der Waals surface area contributed by atoms with E-state index < -0.39 is 0 Å². The lowest BCUT2D eigenvalue weighted by molar-refractivity contribution is 0.282. The van der Waals surface area contributed by atoms with E-state index in [4.69, 9.17) is 17.3 Å². The van der Waals surface area contributed by atoms with Crippen LogP contribution >= 0.6 is 11.6 Å². The van der Waals surface area contributed by atoms with Crippen LogP contribution in [0.2, 0.25) is 5.02 Å². The smallest absolute Gasteiger partial charge is 0.0440 e. The maximum absolute atomic E-state index is 6.28. The molecule has 0 aliphatic heterocycles. The van der Waals surface area contributed by atoms with E-state index >= 15 is 0 Å². The Labute approximate surface area is 103 Å². The lowest BCUT2D eigenvalue weighted by atomic mass is 9.79. The van der Waals surface area contributed by atoms with Gasteiger partial charge in [-0.15, -0.1) is 0 Å². The molecule has 1 aromatic rings. The first-order chi connectivity index (χ1) is 7.55. The summed E-state index contributed by atoms with van der Waals surface area (Å²) < 4.78 is 0. The zero-order valence-electron chi connectivity index (χ0n) is 10.1. The molecule has 1 saturated carbocycles. The minimum atomic E-state index is 0.235. The van der Waals surface area contributed by atoms with E-state index in [2.05, 4.69) is 26.0 Å². The van der Waals surface area contributed by atoms with Gasteiger partial charge in [0.25, 0.3) is 0 Å². The van der Waals surface area contributed by atoms with Gasteiger partial charge >= 0.3 is 0 Å². The van der Waals surface area contributed by atoms with Crippen LogP contribution in [0.15, 0.2) is 18.2 Å². The van der Waals surface area contributed by atoms with Crippen LogP contribution in [0.5, 0.6) is 0 Å². The summed E-state index contributed by atoms with van der Waals surface area (Å²) in [6, 6.07) is 6.32. The molecule has 2 heteroatoms. The standard InChI is InChI=1S/C14H20ClN/c1-10-3-4-11(13(15)7-10)8-14(2,9-16)12-5-6-12/h3-4,7,12H,5-6,8-9,16H2,1-2H3. The van der Waals surface area contributed by atoms with Crippen LogP contribution in [-0.2, 0) is 6.42 Å². The first kappa shape index (κ1) is 11.9. The van der Waals surface area contributed by atoms with Crippen molar-refractivity contribution < 1.29 is 0 Å². The number of hydrogen-bond acceptors (Lipinski definition) is 1. The molecule has 16 heavy (non-hydrogen) atoms. The van der Waals surface area contributed by atoms with Gasteiger partial charge in [0.05, 0.1) is 0 Å². The Morgan fingerprint density at radius 3 is 2.62 bits per heavy atom. The Hall–Kier alpha value is -0.530. The largest absolute Gasteiger partial charge is 0.330 e. The predicted octanol–water partition coefficient (Wildman–Crippen LogP) is 3.57. The zero-order chi connectivity index (χ0) is 11.8. The Morgan fingerprint density at radius 1 is 1.44 bits per heavy atom. The lowest BCUT2D eigenvalue weighted by Gasteiger charge is -2.28. The quantitative estimate of drug-likeness (QED) is 0.852. The molecule has 1 nitrogen and oxygen atoms in total. The lowest BCUT2D eigenvalue weighted by Crippen LogP contribution is -2.31. The molecule has 88 valence electrons. The molecule has 2 N–H and O–H groups in total. The van der Waals surface area contributed by atoms with Crippen LogP contribution in [0.4, 0.5) is 0 Å². The highest BCUT2D eigenvalue weighted by Crippen LogP contribution is 2.47. The van der Waals surface area contributed by atoms with E-state index in [1.165, 1.54) is 24.0 Å². The maximum Gasteiger partial charge on any atom is 0.0440 e. The average molecular weight is 238 g/mol. The second-order valence-electron chi connectivity index (χ2n) is 5.40. The fraction of sp³-hybridized carbons (Fsp3) is 0.571. The summed E-state index contributed by atoms with van der Waals surface area (Å²) in [5.74, 6) is 0.801. The van der Waals surface area contributed by atoms with Gasteiger partial charge in [-0.2, -0.15) is 0 Å². The molecule has 0 aromatic heterocycles. The van der Waals surface area contributed by atoms with Gasteiger partial charge in [-0.3, -0.25) is 0 Å². The van der Waals surface area contributed by atoms with Crippen molar-refractivity contribution in [2.75, 3.05) is 6.54 Å². The Kier molecular flexibility index (Phi) is 3.27. The van der Waals surface area contributed by atoms with Gasteiger partial charge in [0.15, 0.2) is 0 Å². The second kappa shape index (κ2) is 4.38. The maximum atomic E-state index is 6.28. The number of benzene rings is 1. The molecule has 1 aliphatic rings. The number of hydrogen-bond donors (Lipinski definition) is 1. The number of aryl methyl sites for hydroxylation is 1. The third-order valence-corrected chi connectivity index (χ3v) is 4.18. The summed E-state index contributed by atoms with van der Waals surface area (Å²) in [5, 5.41) is 0.889. The zero-order valence-corrected chi connectivity index (χ0v) is 10.8. The van der Waals surface area contributed by atoms with E-state index in [-0.39, 0.29) is 5.41 Å². The van der Waals surface area contributed by atoms with Crippen molar-refractivity contribution in [3.8, 4) is 0 Å². The van der Waals surface area contributed by atoms with Gasteiger partial charge in [0.2, 0.25) is 0 Å². The Balaban J connectivity index is 2.18. The van der Waals surface area contributed by atoms with Crippen molar-refractivity contribution in [2.45, 2.75) is 33.1 Å². The van der Waals surface area contributed by atoms with Gasteiger partial charge in [0.1, 0.15) is 0 Å². The fourth-order valence-electron chi connectivity index (χ4n) is 2.39. The Bertz CT molecular complexity index is 384. The molecule has 1 fully saturated rings. The van der Waals surface area contributed by atoms with E-state index in [1.54, 1.807) is 0 Å². The van der Waals surface area contributed by atoms with Gasteiger partial charge < -0.3 is 5.73 Å². The van der Waals surface area contributed by atoms with Gasteiger partial charge in [-0.05, 0) is 61.3 Å². The minimum absolute atomic E-state index is 0.235. The van der Waals surface area contributed by atoms with Crippen molar-refractivity contribution in [1.82, 2.24) is 0 Å². The topological polar surface area (TPSA) is 26.0 Å². The predicted molar refractivity (Wildman–Crippen MR) is 69.8 cm³/mol. The van der Waals surface area contributed by atoms with Gasteiger partial charge in [0, 0.05) is 5.02 Å². The molecule has 0 spiro atoms. The van der Waals surface area contributed by atoms with Crippen LogP contribution in [0.25, 0.3) is 0 Å². The number of rotatable bonds is 4.